The minimum absolute atomic E-state index is 0. The Morgan fingerprint density at radius 1 is 1.42 bits per heavy atom. The summed E-state index contributed by atoms with van der Waals surface area (Å²) in [6.45, 7) is 5.53. The highest BCUT2D eigenvalue weighted by Crippen LogP contribution is 2.15. The molecule has 0 aromatic rings. The molecule has 1 aliphatic rings. The monoisotopic (exact) mass is 291 g/mol. The van der Waals surface area contributed by atoms with Crippen molar-refractivity contribution in [2.24, 2.45) is 11.7 Å². The maximum absolute atomic E-state index is 11.9. The summed E-state index contributed by atoms with van der Waals surface area (Å²) in [6.07, 6.45) is 3.33. The lowest BCUT2D eigenvalue weighted by Gasteiger charge is -2.23. The van der Waals surface area contributed by atoms with Crippen LogP contribution in [0.2, 0.25) is 0 Å². The molecular formula is C13H26ClN3O2. The normalized spacial score (nSPS) is 18.3. The summed E-state index contributed by atoms with van der Waals surface area (Å²) in [5.74, 6) is 0.452. The molecule has 5 nitrogen and oxygen atoms in total. The fourth-order valence-corrected chi connectivity index (χ4v) is 2.19. The number of hydrogen-bond donors (Lipinski definition) is 2. The SMILES string of the molecule is CC(C)CCC(=O)NCC(=O)N1CCCC1CN.Cl. The predicted molar refractivity (Wildman–Crippen MR) is 78.1 cm³/mol. The molecule has 1 rings (SSSR count). The van der Waals surface area contributed by atoms with Crippen molar-refractivity contribution in [3.05, 3.63) is 0 Å². The minimum Gasteiger partial charge on any atom is -0.347 e. The van der Waals surface area contributed by atoms with Crippen LogP contribution in [0.4, 0.5) is 0 Å². The first-order chi connectivity index (χ1) is 8.54. The van der Waals surface area contributed by atoms with Crippen molar-refractivity contribution in [2.75, 3.05) is 19.6 Å². The van der Waals surface area contributed by atoms with Gasteiger partial charge in [0.25, 0.3) is 0 Å². The molecular weight excluding hydrogens is 266 g/mol. The van der Waals surface area contributed by atoms with Gasteiger partial charge in [-0.2, -0.15) is 0 Å². The van der Waals surface area contributed by atoms with Crippen LogP contribution in [0.25, 0.3) is 0 Å². The predicted octanol–water partition coefficient (Wildman–Crippen LogP) is 0.910. The van der Waals surface area contributed by atoms with Gasteiger partial charge in [-0.25, -0.2) is 0 Å². The highest BCUT2D eigenvalue weighted by Gasteiger charge is 2.27. The third kappa shape index (κ3) is 6.25. The number of amides is 2. The summed E-state index contributed by atoms with van der Waals surface area (Å²) in [4.78, 5) is 25.2. The number of nitrogens with one attached hydrogen (secondary N) is 1. The lowest BCUT2D eigenvalue weighted by atomic mass is 10.1. The van der Waals surface area contributed by atoms with Gasteiger partial charge in [-0.1, -0.05) is 13.8 Å². The van der Waals surface area contributed by atoms with Crippen LogP contribution >= 0.6 is 12.4 Å². The second kappa shape index (κ2) is 9.15. The van der Waals surface area contributed by atoms with E-state index in [0.29, 0.717) is 18.9 Å². The molecule has 1 heterocycles. The van der Waals surface area contributed by atoms with Gasteiger partial charge in [-0.15, -0.1) is 12.4 Å². The number of nitrogens with two attached hydrogens (primary N) is 1. The summed E-state index contributed by atoms with van der Waals surface area (Å²) in [6, 6.07) is 0.157. The second-order valence-corrected chi connectivity index (χ2v) is 5.33. The quantitative estimate of drug-likeness (QED) is 0.764. The third-order valence-corrected chi connectivity index (χ3v) is 3.36. The molecule has 0 aliphatic carbocycles. The zero-order chi connectivity index (χ0) is 13.5. The Kier molecular flexibility index (Phi) is 8.76. The smallest absolute Gasteiger partial charge is 0.242 e. The summed E-state index contributed by atoms with van der Waals surface area (Å²) < 4.78 is 0. The molecule has 0 bridgehead atoms. The van der Waals surface area contributed by atoms with Crippen LogP contribution in [-0.2, 0) is 9.59 Å². The number of carbonyl (C=O) groups excluding carboxylic acids is 2. The van der Waals surface area contributed by atoms with E-state index in [-0.39, 0.29) is 36.8 Å². The molecule has 0 saturated carbocycles. The van der Waals surface area contributed by atoms with Crippen molar-refractivity contribution >= 4 is 24.2 Å². The second-order valence-electron chi connectivity index (χ2n) is 5.33. The number of rotatable bonds is 6. The number of nitrogens with zero attached hydrogens (tertiary/aromatic N) is 1. The topological polar surface area (TPSA) is 75.4 Å². The van der Waals surface area contributed by atoms with Crippen LogP contribution in [0.3, 0.4) is 0 Å². The van der Waals surface area contributed by atoms with Gasteiger partial charge in [0.1, 0.15) is 0 Å². The first kappa shape index (κ1) is 18.2. The number of carbonyl (C=O) groups is 2. The lowest BCUT2D eigenvalue weighted by molar-refractivity contribution is -0.133. The fraction of sp³-hybridized carbons (Fsp3) is 0.846. The van der Waals surface area contributed by atoms with E-state index < -0.39 is 0 Å². The Hall–Kier alpha value is -0.810. The van der Waals surface area contributed by atoms with Gasteiger partial charge < -0.3 is 16.0 Å². The molecule has 19 heavy (non-hydrogen) atoms. The Morgan fingerprint density at radius 2 is 2.11 bits per heavy atom. The zero-order valence-electron chi connectivity index (χ0n) is 11.9. The highest BCUT2D eigenvalue weighted by atomic mass is 35.5. The van der Waals surface area contributed by atoms with Gasteiger partial charge in [0, 0.05) is 25.6 Å². The first-order valence-electron chi connectivity index (χ1n) is 6.80. The molecule has 2 amide bonds. The fourth-order valence-electron chi connectivity index (χ4n) is 2.19. The molecule has 6 heteroatoms. The standard InChI is InChI=1S/C13H25N3O2.ClH/c1-10(2)5-6-12(17)15-9-13(18)16-7-3-4-11(16)8-14;/h10-11H,3-9,14H2,1-2H3,(H,15,17);1H. The Morgan fingerprint density at radius 3 is 2.68 bits per heavy atom. The van der Waals surface area contributed by atoms with E-state index in [1.165, 1.54) is 0 Å². The van der Waals surface area contributed by atoms with E-state index >= 15 is 0 Å². The van der Waals surface area contributed by atoms with Crippen LogP contribution in [0, 0.1) is 5.92 Å². The van der Waals surface area contributed by atoms with Gasteiger partial charge in [0.05, 0.1) is 6.54 Å². The molecule has 1 atom stereocenters. The summed E-state index contributed by atoms with van der Waals surface area (Å²) in [5, 5.41) is 2.69. The van der Waals surface area contributed by atoms with Crippen molar-refractivity contribution in [2.45, 2.75) is 45.6 Å². The molecule has 0 radical (unpaired) electrons. The maximum Gasteiger partial charge on any atom is 0.242 e. The van der Waals surface area contributed by atoms with E-state index in [2.05, 4.69) is 19.2 Å². The van der Waals surface area contributed by atoms with Crippen molar-refractivity contribution in [3.63, 3.8) is 0 Å². The average Bonchev–Trinajstić information content (AvgIpc) is 2.81. The summed E-state index contributed by atoms with van der Waals surface area (Å²) >= 11 is 0. The Bertz CT molecular complexity index is 298. The van der Waals surface area contributed by atoms with Gasteiger partial charge in [-0.3, -0.25) is 9.59 Å². The van der Waals surface area contributed by atoms with Crippen molar-refractivity contribution in [1.82, 2.24) is 10.2 Å². The third-order valence-electron chi connectivity index (χ3n) is 3.36. The molecule has 1 aliphatic heterocycles. The molecule has 1 unspecified atom stereocenters. The van der Waals surface area contributed by atoms with Gasteiger partial charge in [-0.05, 0) is 25.2 Å². The summed E-state index contributed by atoms with van der Waals surface area (Å²) in [5.41, 5.74) is 5.62. The molecule has 1 fully saturated rings. The van der Waals surface area contributed by atoms with Crippen LogP contribution in [-0.4, -0.2) is 42.4 Å². The van der Waals surface area contributed by atoms with Gasteiger partial charge >= 0.3 is 0 Å². The molecule has 0 aromatic carbocycles. The Labute approximate surface area is 121 Å². The van der Waals surface area contributed by atoms with Crippen molar-refractivity contribution < 1.29 is 9.59 Å². The van der Waals surface area contributed by atoms with Gasteiger partial charge in [0.2, 0.25) is 11.8 Å². The molecule has 3 N–H and O–H groups in total. The average molecular weight is 292 g/mol. The van der Waals surface area contributed by atoms with Crippen LogP contribution in [0.15, 0.2) is 0 Å². The highest BCUT2D eigenvalue weighted by molar-refractivity contribution is 5.85. The number of hydrogen-bond acceptors (Lipinski definition) is 3. The summed E-state index contributed by atoms with van der Waals surface area (Å²) in [7, 11) is 0. The van der Waals surface area contributed by atoms with Crippen molar-refractivity contribution in [1.29, 1.82) is 0 Å². The van der Waals surface area contributed by atoms with Crippen LogP contribution < -0.4 is 11.1 Å². The first-order valence-corrected chi connectivity index (χ1v) is 6.80. The van der Waals surface area contributed by atoms with Crippen LogP contribution in [0.5, 0.6) is 0 Å². The van der Waals surface area contributed by atoms with E-state index in [1.807, 2.05) is 0 Å². The Balaban J connectivity index is 0.00000324. The van der Waals surface area contributed by atoms with E-state index in [1.54, 1.807) is 4.90 Å². The molecule has 0 spiro atoms. The largest absolute Gasteiger partial charge is 0.347 e. The lowest BCUT2D eigenvalue weighted by Crippen LogP contribution is -2.45. The maximum atomic E-state index is 11.9. The molecule has 0 aromatic heterocycles. The minimum atomic E-state index is -0.0412. The zero-order valence-corrected chi connectivity index (χ0v) is 12.7. The number of halogens is 1. The van der Waals surface area contributed by atoms with Gasteiger partial charge in [0.15, 0.2) is 0 Å². The van der Waals surface area contributed by atoms with E-state index in [4.69, 9.17) is 5.73 Å². The molecule has 112 valence electrons. The molecule has 1 saturated heterocycles. The van der Waals surface area contributed by atoms with E-state index in [9.17, 15) is 9.59 Å². The van der Waals surface area contributed by atoms with Crippen LogP contribution in [0.1, 0.15) is 39.5 Å². The van der Waals surface area contributed by atoms with Crippen molar-refractivity contribution in [3.8, 4) is 0 Å². The number of likely N-dealkylation sites (tertiary alicyclic amines) is 1. The van der Waals surface area contributed by atoms with E-state index in [0.717, 1.165) is 25.8 Å².